The van der Waals surface area contributed by atoms with Crippen LogP contribution in [0.2, 0.25) is 0 Å². The first-order valence-corrected chi connectivity index (χ1v) is 13.5. The third-order valence-electron chi connectivity index (χ3n) is 6.70. The molecule has 0 spiro atoms. The summed E-state index contributed by atoms with van der Waals surface area (Å²) >= 11 is 1.22. The number of nitrogens with zero attached hydrogens (tertiary/aromatic N) is 5. The Hall–Kier alpha value is -4.49. The maximum Gasteiger partial charge on any atom is 0.335 e. The summed E-state index contributed by atoms with van der Waals surface area (Å²) in [6.07, 6.45) is 0.785. The second-order valence-corrected chi connectivity index (χ2v) is 10.4. The van der Waals surface area contributed by atoms with Crippen LogP contribution in [0.3, 0.4) is 0 Å². The monoisotopic (exact) mass is 579 g/mol. The van der Waals surface area contributed by atoms with Crippen molar-refractivity contribution in [2.75, 3.05) is 13.7 Å². The van der Waals surface area contributed by atoms with Crippen LogP contribution < -0.4 is 9.47 Å². The molecule has 1 aliphatic rings. The highest BCUT2D eigenvalue weighted by atomic mass is 32.1. The van der Waals surface area contributed by atoms with E-state index in [1.54, 1.807) is 24.3 Å². The van der Waals surface area contributed by atoms with E-state index in [4.69, 9.17) is 14.2 Å². The third kappa shape index (κ3) is 5.58. The van der Waals surface area contributed by atoms with Crippen molar-refractivity contribution in [3.05, 3.63) is 82.1 Å². The molecule has 0 unspecified atom stereocenters. The number of methoxy groups -OCH3 is 1. The summed E-state index contributed by atoms with van der Waals surface area (Å²) in [5, 5.41) is 18.2. The smallest absolute Gasteiger partial charge is 0.335 e. The Morgan fingerprint density at radius 2 is 2.00 bits per heavy atom. The second-order valence-electron chi connectivity index (χ2n) is 9.34. The molecule has 1 saturated heterocycles. The molecule has 13 heteroatoms. The summed E-state index contributed by atoms with van der Waals surface area (Å²) in [6.45, 7) is 1.16. The van der Waals surface area contributed by atoms with Crippen LogP contribution in [-0.4, -0.2) is 55.6 Å². The van der Waals surface area contributed by atoms with E-state index in [1.807, 2.05) is 4.57 Å². The number of aromatic carboxylic acids is 1. The molecule has 4 heterocycles. The van der Waals surface area contributed by atoms with Crippen LogP contribution in [0, 0.1) is 11.6 Å². The van der Waals surface area contributed by atoms with Crippen LogP contribution in [0.1, 0.15) is 33.2 Å². The number of aromatic nitrogens is 5. The lowest BCUT2D eigenvalue weighted by Crippen LogP contribution is -2.31. The maximum atomic E-state index is 15.4. The van der Waals surface area contributed by atoms with Crippen LogP contribution in [-0.2, 0) is 24.3 Å². The number of imidazole rings is 1. The Morgan fingerprint density at radius 3 is 2.73 bits per heavy atom. The molecule has 0 radical (unpaired) electrons. The summed E-state index contributed by atoms with van der Waals surface area (Å²) in [7, 11) is 1.49. The lowest BCUT2D eigenvalue weighted by Gasteiger charge is -2.27. The molecule has 210 valence electrons. The normalized spacial score (nSPS) is 14.7. The van der Waals surface area contributed by atoms with Crippen LogP contribution in [0.4, 0.5) is 8.78 Å². The van der Waals surface area contributed by atoms with E-state index >= 15 is 8.78 Å². The van der Waals surface area contributed by atoms with Crippen molar-refractivity contribution < 1.29 is 32.9 Å². The molecule has 1 atom stereocenters. The average Bonchev–Trinajstić information content (AvgIpc) is 3.55. The molecule has 41 heavy (non-hydrogen) atoms. The molecule has 0 amide bonds. The van der Waals surface area contributed by atoms with Crippen molar-refractivity contribution in [2.45, 2.75) is 32.1 Å². The van der Waals surface area contributed by atoms with Gasteiger partial charge in [-0.15, -0.1) is 5.10 Å². The van der Waals surface area contributed by atoms with E-state index in [9.17, 15) is 9.90 Å². The zero-order chi connectivity index (χ0) is 28.5. The van der Waals surface area contributed by atoms with Gasteiger partial charge in [-0.3, -0.25) is 0 Å². The van der Waals surface area contributed by atoms with E-state index in [-0.39, 0.29) is 47.4 Å². The van der Waals surface area contributed by atoms with Gasteiger partial charge in [-0.2, -0.15) is 0 Å². The number of halogens is 2. The molecule has 2 aromatic carbocycles. The number of pyridine rings is 1. The van der Waals surface area contributed by atoms with Gasteiger partial charge in [-0.1, -0.05) is 22.5 Å². The third-order valence-corrected chi connectivity index (χ3v) is 7.56. The minimum Gasteiger partial charge on any atom is -0.478 e. The minimum atomic E-state index is -1.06. The van der Waals surface area contributed by atoms with Gasteiger partial charge < -0.3 is 23.9 Å². The van der Waals surface area contributed by atoms with E-state index in [0.717, 1.165) is 18.6 Å². The Morgan fingerprint density at radius 1 is 1.15 bits per heavy atom. The fourth-order valence-electron chi connectivity index (χ4n) is 4.53. The molecule has 1 aliphatic heterocycles. The van der Waals surface area contributed by atoms with Crippen LogP contribution in [0.15, 0.2) is 48.5 Å². The molecule has 5 aromatic rings. The number of rotatable bonds is 10. The molecule has 10 nitrogen and oxygen atoms in total. The van der Waals surface area contributed by atoms with E-state index < -0.39 is 17.6 Å². The standard InChI is InChI=1S/C28H23F2N5O5S/c1-38-28-34-33-26(41-28)14-40-25-4-2-3-21(32-25)18-12-19(29)16(9-20(18)30)11-24-31-22-6-5-15(27(36)37)10-23(22)35(24)13-17-7-8-39-17/h2-6,9-10,12,17H,7-8,11,13-14H2,1H3,(H,36,37)/t17-/m0/s1. The lowest BCUT2D eigenvalue weighted by atomic mass is 10.0. The summed E-state index contributed by atoms with van der Waals surface area (Å²) in [6, 6.07) is 11.7. The Labute approximate surface area is 236 Å². The summed E-state index contributed by atoms with van der Waals surface area (Å²) in [5.74, 6) is -1.65. The van der Waals surface area contributed by atoms with Gasteiger partial charge in [0.15, 0.2) is 5.01 Å². The highest BCUT2D eigenvalue weighted by molar-refractivity contribution is 7.13. The van der Waals surface area contributed by atoms with Crippen molar-refractivity contribution in [3.63, 3.8) is 0 Å². The molecule has 6 rings (SSSR count). The van der Waals surface area contributed by atoms with Crippen LogP contribution in [0.5, 0.6) is 11.1 Å². The van der Waals surface area contributed by atoms with E-state index in [1.165, 1.54) is 30.6 Å². The SMILES string of the molecule is COc1nnc(COc2cccc(-c3cc(F)c(Cc4nc5ccc(C(=O)O)cc5n4C[C@@H]4CCO4)cc3F)n2)s1. The molecule has 3 aromatic heterocycles. The minimum absolute atomic E-state index is 0.00523. The summed E-state index contributed by atoms with van der Waals surface area (Å²) in [4.78, 5) is 20.5. The van der Waals surface area contributed by atoms with Gasteiger partial charge in [-0.05, 0) is 48.4 Å². The Kier molecular flexibility index (Phi) is 7.28. The van der Waals surface area contributed by atoms with Crippen molar-refractivity contribution in [3.8, 4) is 22.3 Å². The number of hydrogen-bond acceptors (Lipinski definition) is 9. The molecule has 0 aliphatic carbocycles. The van der Waals surface area contributed by atoms with Gasteiger partial charge >= 0.3 is 5.97 Å². The highest BCUT2D eigenvalue weighted by Crippen LogP contribution is 2.29. The van der Waals surface area contributed by atoms with Crippen molar-refractivity contribution in [1.82, 2.24) is 24.7 Å². The number of carbonyl (C=O) groups is 1. The largest absolute Gasteiger partial charge is 0.478 e. The quantitative estimate of drug-likeness (QED) is 0.246. The van der Waals surface area contributed by atoms with Crippen LogP contribution in [0.25, 0.3) is 22.3 Å². The number of hydrogen-bond donors (Lipinski definition) is 1. The predicted molar refractivity (Wildman–Crippen MR) is 144 cm³/mol. The number of carboxylic acids is 1. The number of fused-ring (bicyclic) bond motifs is 1. The van der Waals surface area contributed by atoms with E-state index in [0.29, 0.717) is 40.2 Å². The number of carboxylic acid groups (broad SMARTS) is 1. The topological polar surface area (TPSA) is 121 Å². The van der Waals surface area contributed by atoms with E-state index in [2.05, 4.69) is 20.2 Å². The Balaban J connectivity index is 1.27. The van der Waals surface area contributed by atoms with Gasteiger partial charge in [0.1, 0.15) is 24.1 Å². The second kappa shape index (κ2) is 11.2. The fourth-order valence-corrected chi connectivity index (χ4v) is 5.09. The van der Waals surface area contributed by atoms with Crippen molar-refractivity contribution in [1.29, 1.82) is 0 Å². The molecular formula is C28H23F2N5O5S. The molecule has 0 saturated carbocycles. The number of ether oxygens (including phenoxy) is 3. The fraction of sp³-hybridized carbons (Fsp3) is 0.250. The summed E-state index contributed by atoms with van der Waals surface area (Å²) in [5.41, 5.74) is 1.57. The molecule has 1 fully saturated rings. The van der Waals surface area contributed by atoms with Crippen molar-refractivity contribution >= 4 is 28.3 Å². The van der Waals surface area contributed by atoms with Gasteiger partial charge in [-0.25, -0.2) is 23.5 Å². The first kappa shape index (κ1) is 26.7. The predicted octanol–water partition coefficient (Wildman–Crippen LogP) is 4.89. The lowest BCUT2D eigenvalue weighted by molar-refractivity contribution is -0.0589. The maximum absolute atomic E-state index is 15.4. The zero-order valence-corrected chi connectivity index (χ0v) is 22.5. The highest BCUT2D eigenvalue weighted by Gasteiger charge is 2.23. The molecule has 1 N–H and O–H groups in total. The first-order chi connectivity index (χ1) is 19.9. The first-order valence-electron chi connectivity index (χ1n) is 12.7. The van der Waals surface area contributed by atoms with Crippen LogP contribution >= 0.6 is 11.3 Å². The van der Waals surface area contributed by atoms with Gasteiger partial charge in [0.05, 0.1) is 42.0 Å². The van der Waals surface area contributed by atoms with Crippen molar-refractivity contribution in [2.24, 2.45) is 0 Å². The molecule has 0 bridgehead atoms. The Bertz CT molecular complexity index is 1750. The molecular weight excluding hydrogens is 556 g/mol. The van der Waals surface area contributed by atoms with Gasteiger partial charge in [0.2, 0.25) is 5.88 Å². The van der Waals surface area contributed by atoms with Gasteiger partial charge in [0, 0.05) is 24.7 Å². The average molecular weight is 580 g/mol. The summed E-state index contributed by atoms with van der Waals surface area (Å²) < 4.78 is 48.9. The zero-order valence-electron chi connectivity index (χ0n) is 21.7. The van der Waals surface area contributed by atoms with Gasteiger partial charge in [0.25, 0.3) is 5.19 Å². The number of benzene rings is 2.